The summed E-state index contributed by atoms with van der Waals surface area (Å²) in [4.78, 5) is 11.9. The molecule has 5 nitrogen and oxygen atoms in total. The van der Waals surface area contributed by atoms with Gasteiger partial charge in [0.2, 0.25) is 0 Å². The van der Waals surface area contributed by atoms with Crippen molar-refractivity contribution >= 4 is 23.2 Å². The second-order valence-corrected chi connectivity index (χ2v) is 4.37. The maximum atomic E-state index is 11.9. The molecule has 0 fully saturated rings. The molecule has 0 aromatic heterocycles. The predicted octanol–water partition coefficient (Wildman–Crippen LogP) is 2.88. The van der Waals surface area contributed by atoms with E-state index in [1.807, 2.05) is 6.07 Å². The van der Waals surface area contributed by atoms with Crippen molar-refractivity contribution in [1.82, 2.24) is 0 Å². The second kappa shape index (κ2) is 5.51. The van der Waals surface area contributed by atoms with Crippen molar-refractivity contribution < 1.29 is 15.0 Å². The average molecular weight is 289 g/mol. The Balaban J connectivity index is 2.21. The van der Waals surface area contributed by atoms with E-state index in [-0.39, 0.29) is 22.1 Å². The van der Waals surface area contributed by atoms with E-state index in [9.17, 15) is 15.0 Å². The summed E-state index contributed by atoms with van der Waals surface area (Å²) in [6.45, 7) is 0. The molecule has 0 aliphatic carbocycles. The van der Waals surface area contributed by atoms with Gasteiger partial charge in [-0.2, -0.15) is 5.26 Å². The van der Waals surface area contributed by atoms with Crippen molar-refractivity contribution in [3.8, 4) is 17.6 Å². The third-order valence-corrected chi connectivity index (χ3v) is 2.90. The SMILES string of the molecule is N#Cc1ccc(NC(=O)c2ccc(O)c(O)c2)cc1Cl. The first-order valence-corrected chi connectivity index (χ1v) is 5.92. The van der Waals surface area contributed by atoms with Gasteiger partial charge in [-0.1, -0.05) is 11.6 Å². The lowest BCUT2D eigenvalue weighted by molar-refractivity contribution is 0.102. The van der Waals surface area contributed by atoms with Gasteiger partial charge >= 0.3 is 0 Å². The van der Waals surface area contributed by atoms with Crippen LogP contribution in [0.15, 0.2) is 36.4 Å². The lowest BCUT2D eigenvalue weighted by Crippen LogP contribution is -2.11. The van der Waals surface area contributed by atoms with Crippen molar-refractivity contribution in [2.24, 2.45) is 0 Å². The molecular weight excluding hydrogens is 280 g/mol. The molecule has 0 saturated carbocycles. The first-order chi connectivity index (χ1) is 9.51. The molecule has 2 rings (SSSR count). The summed E-state index contributed by atoms with van der Waals surface area (Å²) in [5.74, 6) is -1.15. The minimum Gasteiger partial charge on any atom is -0.504 e. The number of phenolic OH excluding ortho intramolecular Hbond substituents is 2. The zero-order valence-corrected chi connectivity index (χ0v) is 10.8. The molecule has 2 aromatic rings. The van der Waals surface area contributed by atoms with Gasteiger partial charge in [-0.05, 0) is 36.4 Å². The number of nitrogens with one attached hydrogen (secondary N) is 1. The number of nitrogens with zero attached hydrogens (tertiary/aromatic N) is 1. The van der Waals surface area contributed by atoms with Crippen molar-refractivity contribution in [2.75, 3.05) is 5.32 Å². The van der Waals surface area contributed by atoms with Crippen LogP contribution in [0.5, 0.6) is 11.5 Å². The first-order valence-electron chi connectivity index (χ1n) is 5.54. The van der Waals surface area contributed by atoms with E-state index in [1.54, 1.807) is 6.07 Å². The maximum absolute atomic E-state index is 11.9. The van der Waals surface area contributed by atoms with Crippen molar-refractivity contribution in [3.63, 3.8) is 0 Å². The van der Waals surface area contributed by atoms with Gasteiger partial charge in [-0.3, -0.25) is 4.79 Å². The third-order valence-electron chi connectivity index (χ3n) is 2.59. The minimum absolute atomic E-state index is 0.181. The predicted molar refractivity (Wildman–Crippen MR) is 73.9 cm³/mol. The summed E-state index contributed by atoms with van der Waals surface area (Å²) in [5, 5.41) is 30.1. The van der Waals surface area contributed by atoms with Crippen molar-refractivity contribution in [1.29, 1.82) is 5.26 Å². The lowest BCUT2D eigenvalue weighted by atomic mass is 10.1. The second-order valence-electron chi connectivity index (χ2n) is 3.96. The molecule has 0 radical (unpaired) electrons. The number of carbonyl (C=O) groups is 1. The van der Waals surface area contributed by atoms with E-state index in [2.05, 4.69) is 5.32 Å². The number of rotatable bonds is 2. The van der Waals surface area contributed by atoms with Gasteiger partial charge in [0.25, 0.3) is 5.91 Å². The monoisotopic (exact) mass is 288 g/mol. The fourth-order valence-corrected chi connectivity index (χ4v) is 1.77. The quantitative estimate of drug-likeness (QED) is 0.741. The van der Waals surface area contributed by atoms with Crippen LogP contribution in [0.25, 0.3) is 0 Å². The van der Waals surface area contributed by atoms with Crippen LogP contribution in [0.4, 0.5) is 5.69 Å². The summed E-state index contributed by atoms with van der Waals surface area (Å²) < 4.78 is 0. The number of carbonyl (C=O) groups excluding carboxylic acids is 1. The molecule has 6 heteroatoms. The highest BCUT2D eigenvalue weighted by molar-refractivity contribution is 6.32. The number of halogens is 1. The third kappa shape index (κ3) is 2.82. The smallest absolute Gasteiger partial charge is 0.255 e. The largest absolute Gasteiger partial charge is 0.504 e. The Morgan fingerprint density at radius 3 is 2.50 bits per heavy atom. The highest BCUT2D eigenvalue weighted by Crippen LogP contribution is 2.26. The van der Waals surface area contributed by atoms with E-state index in [1.165, 1.54) is 24.3 Å². The van der Waals surface area contributed by atoms with Gasteiger partial charge in [0.1, 0.15) is 6.07 Å². The Morgan fingerprint density at radius 1 is 1.15 bits per heavy atom. The number of phenols is 2. The Labute approximate surface area is 119 Å². The standard InChI is InChI=1S/C14H9ClN2O3/c15-11-6-10(3-1-9(11)7-16)17-14(20)8-2-4-12(18)13(19)5-8/h1-6,18-19H,(H,17,20). The molecule has 1 amide bonds. The van der Waals surface area contributed by atoms with Crippen molar-refractivity contribution in [2.45, 2.75) is 0 Å². The number of aromatic hydroxyl groups is 2. The van der Waals surface area contributed by atoms with E-state index in [0.717, 1.165) is 6.07 Å². The summed E-state index contributed by atoms with van der Waals surface area (Å²) in [7, 11) is 0. The van der Waals surface area contributed by atoms with E-state index in [4.69, 9.17) is 16.9 Å². The molecule has 0 heterocycles. The molecular formula is C14H9ClN2O3. The number of nitriles is 1. The highest BCUT2D eigenvalue weighted by atomic mass is 35.5. The molecule has 0 aliphatic rings. The minimum atomic E-state index is -0.471. The van der Waals surface area contributed by atoms with Gasteiger partial charge in [0, 0.05) is 11.3 Å². The van der Waals surface area contributed by atoms with Crippen LogP contribution >= 0.6 is 11.6 Å². The van der Waals surface area contributed by atoms with Crippen LogP contribution in [0.1, 0.15) is 15.9 Å². The Kier molecular flexibility index (Phi) is 3.78. The van der Waals surface area contributed by atoms with Crippen LogP contribution in [0.2, 0.25) is 5.02 Å². The summed E-state index contributed by atoms with van der Waals surface area (Å²) in [6.07, 6.45) is 0. The van der Waals surface area contributed by atoms with Crippen LogP contribution in [-0.4, -0.2) is 16.1 Å². The maximum Gasteiger partial charge on any atom is 0.255 e. The van der Waals surface area contributed by atoms with Crippen LogP contribution < -0.4 is 5.32 Å². The van der Waals surface area contributed by atoms with Gasteiger partial charge in [0.05, 0.1) is 10.6 Å². The lowest BCUT2D eigenvalue weighted by Gasteiger charge is -2.07. The van der Waals surface area contributed by atoms with Crippen LogP contribution in [0, 0.1) is 11.3 Å². The molecule has 2 aromatic carbocycles. The normalized spacial score (nSPS) is 9.80. The molecule has 3 N–H and O–H groups in total. The highest BCUT2D eigenvalue weighted by Gasteiger charge is 2.10. The number of amides is 1. The summed E-state index contributed by atoms with van der Waals surface area (Å²) in [6, 6.07) is 10.1. The Bertz CT molecular complexity index is 723. The summed E-state index contributed by atoms with van der Waals surface area (Å²) >= 11 is 5.86. The number of benzene rings is 2. The molecule has 0 aliphatic heterocycles. The number of anilines is 1. The van der Waals surface area contributed by atoms with E-state index in [0.29, 0.717) is 11.3 Å². The van der Waals surface area contributed by atoms with Crippen LogP contribution in [-0.2, 0) is 0 Å². The molecule has 0 bridgehead atoms. The number of hydrogen-bond donors (Lipinski definition) is 3. The van der Waals surface area contributed by atoms with Gasteiger partial charge in [-0.15, -0.1) is 0 Å². The summed E-state index contributed by atoms with van der Waals surface area (Å²) in [5.41, 5.74) is 0.916. The molecule has 20 heavy (non-hydrogen) atoms. The average Bonchev–Trinajstić information content (AvgIpc) is 2.42. The zero-order valence-electron chi connectivity index (χ0n) is 10.1. The van der Waals surface area contributed by atoms with Gasteiger partial charge < -0.3 is 15.5 Å². The van der Waals surface area contributed by atoms with Crippen LogP contribution in [0.3, 0.4) is 0 Å². The van der Waals surface area contributed by atoms with Gasteiger partial charge in [-0.25, -0.2) is 0 Å². The Morgan fingerprint density at radius 2 is 1.90 bits per heavy atom. The topological polar surface area (TPSA) is 93.4 Å². The number of hydrogen-bond acceptors (Lipinski definition) is 4. The van der Waals surface area contributed by atoms with E-state index < -0.39 is 5.91 Å². The fourth-order valence-electron chi connectivity index (χ4n) is 1.55. The molecule has 0 unspecified atom stereocenters. The Hall–Kier alpha value is -2.71. The molecule has 0 saturated heterocycles. The van der Waals surface area contributed by atoms with Crippen molar-refractivity contribution in [3.05, 3.63) is 52.5 Å². The zero-order chi connectivity index (χ0) is 14.7. The van der Waals surface area contributed by atoms with E-state index >= 15 is 0 Å². The molecule has 0 atom stereocenters. The van der Waals surface area contributed by atoms with Gasteiger partial charge in [0.15, 0.2) is 11.5 Å². The molecule has 0 spiro atoms. The fraction of sp³-hybridized carbons (Fsp3) is 0. The first kappa shape index (κ1) is 13.7. The molecule has 100 valence electrons.